The average Bonchev–Trinajstić information content (AvgIpc) is 2.43. The zero-order valence-electron chi connectivity index (χ0n) is 8.08. The summed E-state index contributed by atoms with van der Waals surface area (Å²) >= 11 is 0. The van der Waals surface area contributed by atoms with Gasteiger partial charge < -0.3 is 5.11 Å². The van der Waals surface area contributed by atoms with Crippen molar-refractivity contribution in [3.8, 4) is 0 Å². The van der Waals surface area contributed by atoms with E-state index in [1.165, 1.54) is 37.7 Å². The van der Waals surface area contributed by atoms with Gasteiger partial charge in [-0.3, -0.25) is 0 Å². The van der Waals surface area contributed by atoms with Crippen molar-refractivity contribution in [3.63, 3.8) is 0 Å². The normalized spacial score (nSPS) is 53.9. The number of hydrogen-bond acceptors (Lipinski definition) is 1. The van der Waals surface area contributed by atoms with Crippen molar-refractivity contribution >= 4 is 0 Å². The minimum atomic E-state index is 0.0109. The van der Waals surface area contributed by atoms with Crippen molar-refractivity contribution in [2.24, 2.45) is 23.7 Å². The van der Waals surface area contributed by atoms with Gasteiger partial charge in [0.1, 0.15) is 0 Å². The number of hydrogen-bond donors (Lipinski definition) is 1. The third kappa shape index (κ3) is 0.969. The highest BCUT2D eigenvalue weighted by molar-refractivity contribution is 5.17. The molecule has 0 saturated heterocycles. The Morgan fingerprint density at radius 3 is 2.85 bits per heavy atom. The van der Waals surface area contributed by atoms with Crippen molar-refractivity contribution in [2.75, 3.05) is 0 Å². The predicted octanol–water partition coefficient (Wildman–Crippen LogP) is 2.36. The van der Waals surface area contributed by atoms with Crippen LogP contribution >= 0.6 is 0 Å². The molecule has 1 unspecified atom stereocenters. The molecular weight excluding hydrogens is 160 g/mol. The van der Waals surface area contributed by atoms with Crippen LogP contribution in [0.25, 0.3) is 0 Å². The van der Waals surface area contributed by atoms with Crippen molar-refractivity contribution in [3.05, 3.63) is 12.2 Å². The van der Waals surface area contributed by atoms with Crippen molar-refractivity contribution in [2.45, 2.75) is 38.2 Å². The first kappa shape index (κ1) is 8.05. The van der Waals surface area contributed by atoms with Gasteiger partial charge in [0.25, 0.3) is 0 Å². The fourth-order valence-electron chi connectivity index (χ4n) is 4.07. The third-order valence-corrected chi connectivity index (χ3v) is 4.68. The SMILES string of the molecule is C=C1C[C@@H]2C[C@H]1[C@@H]1CCC[C@H]2C1O. The van der Waals surface area contributed by atoms with E-state index in [-0.39, 0.29) is 6.10 Å². The maximum absolute atomic E-state index is 10.1. The van der Waals surface area contributed by atoms with Gasteiger partial charge in [-0.2, -0.15) is 0 Å². The number of aliphatic hydroxyl groups is 1. The van der Waals surface area contributed by atoms with E-state index < -0.39 is 0 Å². The predicted molar refractivity (Wildman–Crippen MR) is 52.2 cm³/mol. The van der Waals surface area contributed by atoms with Crippen molar-refractivity contribution in [1.82, 2.24) is 0 Å². The number of aliphatic hydroxyl groups excluding tert-OH is 1. The maximum atomic E-state index is 10.1. The Hall–Kier alpha value is -0.300. The van der Waals surface area contributed by atoms with Crippen molar-refractivity contribution in [1.29, 1.82) is 0 Å². The van der Waals surface area contributed by atoms with Gasteiger partial charge >= 0.3 is 0 Å². The van der Waals surface area contributed by atoms with Crippen LogP contribution in [-0.4, -0.2) is 11.2 Å². The molecule has 0 aromatic carbocycles. The van der Waals surface area contributed by atoms with Gasteiger partial charge in [-0.1, -0.05) is 18.6 Å². The maximum Gasteiger partial charge on any atom is 0.0605 e. The molecule has 3 fully saturated rings. The van der Waals surface area contributed by atoms with Crippen LogP contribution in [-0.2, 0) is 0 Å². The van der Waals surface area contributed by atoms with E-state index in [2.05, 4.69) is 6.58 Å². The van der Waals surface area contributed by atoms with Crippen LogP contribution in [0.3, 0.4) is 0 Å². The molecule has 0 spiro atoms. The van der Waals surface area contributed by atoms with E-state index in [4.69, 9.17) is 0 Å². The van der Waals surface area contributed by atoms with Crippen LogP contribution < -0.4 is 0 Å². The van der Waals surface area contributed by atoms with E-state index >= 15 is 0 Å². The molecule has 0 aromatic heterocycles. The minimum Gasteiger partial charge on any atom is -0.393 e. The smallest absolute Gasteiger partial charge is 0.0605 e. The van der Waals surface area contributed by atoms with E-state index in [0.29, 0.717) is 17.8 Å². The van der Waals surface area contributed by atoms with Gasteiger partial charge in [0.2, 0.25) is 0 Å². The van der Waals surface area contributed by atoms with Gasteiger partial charge in [-0.05, 0) is 49.4 Å². The zero-order valence-corrected chi connectivity index (χ0v) is 8.08. The van der Waals surface area contributed by atoms with Crippen LogP contribution in [0.4, 0.5) is 0 Å². The van der Waals surface area contributed by atoms with Crippen molar-refractivity contribution < 1.29 is 5.11 Å². The average molecular weight is 178 g/mol. The zero-order chi connectivity index (χ0) is 9.00. The van der Waals surface area contributed by atoms with E-state index in [0.717, 1.165) is 5.92 Å². The monoisotopic (exact) mass is 178 g/mol. The standard InChI is InChI=1S/C12H18O/c1-7-5-8-6-11(7)10-4-2-3-9(8)12(10)13/h8-13H,1-6H2/t8-,9-,10+,11-,12?/m1/s1. The largest absolute Gasteiger partial charge is 0.393 e. The summed E-state index contributed by atoms with van der Waals surface area (Å²) in [6.07, 6.45) is 6.41. The molecule has 72 valence electrons. The molecule has 0 aliphatic heterocycles. The fourth-order valence-corrected chi connectivity index (χ4v) is 4.07. The van der Waals surface area contributed by atoms with Crippen LogP contribution in [0.5, 0.6) is 0 Å². The van der Waals surface area contributed by atoms with Gasteiger partial charge in [-0.15, -0.1) is 0 Å². The van der Waals surface area contributed by atoms with Gasteiger partial charge in [-0.25, -0.2) is 0 Å². The summed E-state index contributed by atoms with van der Waals surface area (Å²) in [5, 5.41) is 10.1. The summed E-state index contributed by atoms with van der Waals surface area (Å²) in [5.41, 5.74) is 1.44. The number of rotatable bonds is 0. The summed E-state index contributed by atoms with van der Waals surface area (Å²) in [6, 6.07) is 0. The molecule has 3 rings (SSSR count). The van der Waals surface area contributed by atoms with Gasteiger partial charge in [0.15, 0.2) is 0 Å². The summed E-state index contributed by atoms with van der Waals surface area (Å²) < 4.78 is 0. The quantitative estimate of drug-likeness (QED) is 0.565. The molecule has 1 heteroatoms. The first-order valence-corrected chi connectivity index (χ1v) is 5.63. The lowest BCUT2D eigenvalue weighted by Gasteiger charge is -2.44. The molecule has 3 aliphatic carbocycles. The lowest BCUT2D eigenvalue weighted by Crippen LogP contribution is -2.43. The third-order valence-electron chi connectivity index (χ3n) is 4.68. The molecule has 5 atom stereocenters. The van der Waals surface area contributed by atoms with E-state index in [1.54, 1.807) is 0 Å². The molecule has 1 N–H and O–H groups in total. The molecule has 1 nitrogen and oxygen atoms in total. The summed E-state index contributed by atoms with van der Waals surface area (Å²) in [4.78, 5) is 0. The Bertz CT molecular complexity index is 246. The molecule has 13 heavy (non-hydrogen) atoms. The topological polar surface area (TPSA) is 20.2 Å². The van der Waals surface area contributed by atoms with Crippen LogP contribution in [0.15, 0.2) is 12.2 Å². The molecular formula is C12H18O. The first-order chi connectivity index (χ1) is 6.27. The Labute approximate surface area is 79.8 Å². The lowest BCUT2D eigenvalue weighted by molar-refractivity contribution is -0.0483. The van der Waals surface area contributed by atoms with Crippen LogP contribution in [0.2, 0.25) is 0 Å². The highest BCUT2D eigenvalue weighted by Gasteiger charge is 2.50. The summed E-state index contributed by atoms with van der Waals surface area (Å²) in [7, 11) is 0. The molecule has 3 aliphatic rings. The molecule has 0 aromatic rings. The summed E-state index contributed by atoms with van der Waals surface area (Å²) in [6.45, 7) is 4.18. The fraction of sp³-hybridized carbons (Fsp3) is 0.833. The number of fused-ring (bicyclic) bond motifs is 6. The lowest BCUT2D eigenvalue weighted by atomic mass is 9.64. The minimum absolute atomic E-state index is 0.0109. The van der Waals surface area contributed by atoms with Gasteiger partial charge in [0.05, 0.1) is 6.10 Å². The Balaban J connectivity index is 1.97. The molecule has 0 radical (unpaired) electrons. The first-order valence-electron chi connectivity index (χ1n) is 5.63. The van der Waals surface area contributed by atoms with Crippen LogP contribution in [0, 0.1) is 23.7 Å². The van der Waals surface area contributed by atoms with Gasteiger partial charge in [0, 0.05) is 0 Å². The highest BCUT2D eigenvalue weighted by Crippen LogP contribution is 2.55. The second-order valence-electron chi connectivity index (χ2n) is 5.21. The summed E-state index contributed by atoms with van der Waals surface area (Å²) in [5.74, 6) is 2.65. The molecule has 0 heterocycles. The second-order valence-corrected chi connectivity index (χ2v) is 5.21. The molecule has 0 amide bonds. The van der Waals surface area contributed by atoms with E-state index in [1.807, 2.05) is 0 Å². The molecule has 4 bridgehead atoms. The van der Waals surface area contributed by atoms with Crippen LogP contribution in [0.1, 0.15) is 32.1 Å². The second kappa shape index (κ2) is 2.60. The highest BCUT2D eigenvalue weighted by atomic mass is 16.3. The molecule has 3 saturated carbocycles. The Morgan fingerprint density at radius 1 is 1.23 bits per heavy atom. The number of allylic oxidation sites excluding steroid dienone is 1. The Kier molecular flexibility index (Phi) is 1.61. The Morgan fingerprint density at radius 2 is 2.00 bits per heavy atom. The van der Waals surface area contributed by atoms with E-state index in [9.17, 15) is 5.11 Å².